The molecule has 37 heavy (non-hydrogen) atoms. The number of aliphatic hydroxyl groups excluding tert-OH is 1. The molecule has 0 unspecified atom stereocenters. The first-order chi connectivity index (χ1) is 17.7. The van der Waals surface area contributed by atoms with Crippen molar-refractivity contribution in [2.45, 2.75) is 50.7 Å². The number of aromatic amines is 1. The zero-order chi connectivity index (χ0) is 25.9. The molecule has 3 atom stereocenters. The molecular formula is C27H25ClN2O6S. The SMILES string of the molecule is C[C@@H]1C[C@H](c2cc3cc(Cl)ccc3s2)CCN1c1cc2c(OC3([C@H](C)O)OC(=O)C(=O)O3)cccc2[nH]1. The number of nitrogens with zero attached hydrogens (tertiary/aromatic N) is 1. The number of anilines is 1. The van der Waals surface area contributed by atoms with Crippen molar-refractivity contribution in [1.82, 2.24) is 4.98 Å². The Bertz CT molecular complexity index is 1510. The highest BCUT2D eigenvalue weighted by atomic mass is 35.5. The van der Waals surface area contributed by atoms with E-state index in [0.29, 0.717) is 17.1 Å². The van der Waals surface area contributed by atoms with Crippen LogP contribution in [0.25, 0.3) is 21.0 Å². The molecule has 2 aliphatic rings. The second kappa shape index (κ2) is 8.93. The molecule has 2 N–H and O–H groups in total. The number of aliphatic hydroxyl groups is 1. The van der Waals surface area contributed by atoms with Crippen molar-refractivity contribution >= 4 is 61.7 Å². The van der Waals surface area contributed by atoms with Gasteiger partial charge in [-0.2, -0.15) is 0 Å². The van der Waals surface area contributed by atoms with E-state index < -0.39 is 24.0 Å². The number of piperidine rings is 1. The first-order valence-electron chi connectivity index (χ1n) is 12.1. The van der Waals surface area contributed by atoms with E-state index >= 15 is 0 Å². The number of benzene rings is 2. The summed E-state index contributed by atoms with van der Waals surface area (Å²) in [5.41, 5.74) is 0.805. The van der Waals surface area contributed by atoms with E-state index in [2.05, 4.69) is 28.9 Å². The molecule has 0 bridgehead atoms. The van der Waals surface area contributed by atoms with E-state index in [1.807, 2.05) is 35.6 Å². The van der Waals surface area contributed by atoms with Gasteiger partial charge in [0.15, 0.2) is 6.10 Å². The number of aromatic nitrogens is 1. The van der Waals surface area contributed by atoms with Crippen molar-refractivity contribution in [3.8, 4) is 5.75 Å². The number of hydrogen-bond donors (Lipinski definition) is 2. The Morgan fingerprint density at radius 1 is 1.19 bits per heavy atom. The van der Waals surface area contributed by atoms with Crippen LogP contribution in [-0.4, -0.2) is 46.7 Å². The molecule has 192 valence electrons. The Hall–Kier alpha value is -3.27. The fourth-order valence-corrected chi connectivity index (χ4v) is 6.57. The Labute approximate surface area is 221 Å². The van der Waals surface area contributed by atoms with E-state index in [0.717, 1.165) is 35.7 Å². The monoisotopic (exact) mass is 540 g/mol. The number of ether oxygens (including phenoxy) is 3. The number of nitrogens with one attached hydrogen (secondary N) is 1. The van der Waals surface area contributed by atoms with E-state index in [1.54, 1.807) is 12.1 Å². The molecule has 0 aliphatic carbocycles. The van der Waals surface area contributed by atoms with Crippen LogP contribution in [-0.2, 0) is 19.1 Å². The molecular weight excluding hydrogens is 516 g/mol. The molecule has 2 fully saturated rings. The standard InChI is InChI=1S/C27H25ClN2O6S/c1-14-10-16(23-12-17-11-18(28)6-7-22(17)37-23)8-9-30(14)24-13-19-20(29-24)4-3-5-21(19)34-27(15(2)31)35-25(32)26(33)36-27/h3-7,11-16,29,31H,8-10H2,1-2H3/t14-,15+,16-/m1/s1. The lowest BCUT2D eigenvalue weighted by molar-refractivity contribution is -0.313. The number of halogens is 1. The highest BCUT2D eigenvalue weighted by Crippen LogP contribution is 2.41. The average molecular weight is 541 g/mol. The number of carbonyl (C=O) groups is 2. The van der Waals surface area contributed by atoms with Gasteiger partial charge in [-0.15, -0.1) is 11.3 Å². The third-order valence-corrected chi connectivity index (χ3v) is 8.61. The summed E-state index contributed by atoms with van der Waals surface area (Å²) in [7, 11) is 0. The van der Waals surface area contributed by atoms with Crippen LogP contribution in [0.2, 0.25) is 5.02 Å². The van der Waals surface area contributed by atoms with Gasteiger partial charge in [0.25, 0.3) is 0 Å². The van der Waals surface area contributed by atoms with Crippen molar-refractivity contribution in [1.29, 1.82) is 0 Å². The van der Waals surface area contributed by atoms with Crippen molar-refractivity contribution in [2.75, 3.05) is 11.4 Å². The smallest absolute Gasteiger partial charge is 0.418 e. The predicted octanol–water partition coefficient (Wildman–Crippen LogP) is 5.32. The average Bonchev–Trinajstić information content (AvgIpc) is 3.55. The molecule has 4 heterocycles. The predicted molar refractivity (Wildman–Crippen MR) is 141 cm³/mol. The summed E-state index contributed by atoms with van der Waals surface area (Å²) in [6.45, 7) is 4.42. The quantitative estimate of drug-likeness (QED) is 0.261. The third-order valence-electron chi connectivity index (χ3n) is 7.10. The lowest BCUT2D eigenvalue weighted by Crippen LogP contribution is -2.47. The highest BCUT2D eigenvalue weighted by Gasteiger charge is 2.56. The van der Waals surface area contributed by atoms with Crippen LogP contribution in [0.4, 0.5) is 5.82 Å². The minimum atomic E-state index is -2.22. The molecule has 8 nitrogen and oxygen atoms in total. The van der Waals surface area contributed by atoms with Gasteiger partial charge in [0.05, 0.1) is 5.52 Å². The van der Waals surface area contributed by atoms with E-state index in [-0.39, 0.29) is 6.04 Å². The van der Waals surface area contributed by atoms with E-state index in [1.165, 1.54) is 21.9 Å². The van der Waals surface area contributed by atoms with Gasteiger partial charge < -0.3 is 29.2 Å². The van der Waals surface area contributed by atoms with Crippen LogP contribution in [0.3, 0.4) is 0 Å². The minimum Gasteiger partial charge on any atom is -0.418 e. The number of fused-ring (bicyclic) bond motifs is 2. The van der Waals surface area contributed by atoms with Crippen molar-refractivity contribution in [3.63, 3.8) is 0 Å². The number of cyclic esters (lactones) is 2. The Morgan fingerprint density at radius 3 is 2.70 bits per heavy atom. The fraction of sp³-hybridized carbons (Fsp3) is 0.333. The van der Waals surface area contributed by atoms with Crippen LogP contribution in [0, 0.1) is 0 Å². The van der Waals surface area contributed by atoms with Gasteiger partial charge in [-0.3, -0.25) is 0 Å². The lowest BCUT2D eigenvalue weighted by Gasteiger charge is -2.38. The lowest BCUT2D eigenvalue weighted by atomic mass is 9.90. The second-order valence-electron chi connectivity index (χ2n) is 9.63. The zero-order valence-electron chi connectivity index (χ0n) is 20.2. The molecule has 0 amide bonds. The van der Waals surface area contributed by atoms with Crippen LogP contribution < -0.4 is 9.64 Å². The minimum absolute atomic E-state index is 0.283. The molecule has 4 aromatic rings. The van der Waals surface area contributed by atoms with Crippen molar-refractivity contribution < 1.29 is 28.9 Å². The number of thiophene rings is 1. The van der Waals surface area contributed by atoms with Gasteiger partial charge in [-0.1, -0.05) is 17.7 Å². The molecule has 0 saturated carbocycles. The summed E-state index contributed by atoms with van der Waals surface area (Å²) in [5, 5.41) is 12.9. The maximum atomic E-state index is 11.7. The third kappa shape index (κ3) is 4.21. The van der Waals surface area contributed by atoms with Crippen molar-refractivity contribution in [2.24, 2.45) is 0 Å². The Kier molecular flexibility index (Phi) is 5.82. The van der Waals surface area contributed by atoms with Crippen LogP contribution in [0.5, 0.6) is 5.75 Å². The number of esters is 2. The Balaban J connectivity index is 1.24. The number of hydrogen-bond acceptors (Lipinski definition) is 8. The van der Waals surface area contributed by atoms with Crippen LogP contribution in [0.1, 0.15) is 37.5 Å². The molecule has 0 spiro atoms. The summed E-state index contributed by atoms with van der Waals surface area (Å²) in [6, 6.07) is 15.9. The van der Waals surface area contributed by atoms with Gasteiger partial charge in [-0.05, 0) is 80.5 Å². The second-order valence-corrected chi connectivity index (χ2v) is 11.2. The molecule has 2 aromatic carbocycles. The van der Waals surface area contributed by atoms with Crippen LogP contribution in [0.15, 0.2) is 48.5 Å². The van der Waals surface area contributed by atoms with Gasteiger partial charge in [0, 0.05) is 32.6 Å². The van der Waals surface area contributed by atoms with Gasteiger partial charge >= 0.3 is 17.9 Å². The molecule has 2 saturated heterocycles. The summed E-state index contributed by atoms with van der Waals surface area (Å²) in [4.78, 5) is 30.6. The zero-order valence-corrected chi connectivity index (χ0v) is 21.8. The van der Waals surface area contributed by atoms with E-state index in [9.17, 15) is 14.7 Å². The van der Waals surface area contributed by atoms with Crippen molar-refractivity contribution in [3.05, 3.63) is 58.4 Å². The number of carbonyl (C=O) groups excluding carboxylic acids is 2. The van der Waals surface area contributed by atoms with E-state index in [4.69, 9.17) is 25.8 Å². The number of H-pyrrole nitrogens is 1. The van der Waals surface area contributed by atoms with Gasteiger partial charge in [0.2, 0.25) is 0 Å². The maximum absolute atomic E-state index is 11.7. The topological polar surface area (TPSA) is 101 Å². The molecule has 2 aromatic heterocycles. The molecule has 2 aliphatic heterocycles. The Morgan fingerprint density at radius 2 is 1.97 bits per heavy atom. The largest absolute Gasteiger partial charge is 0.449 e. The fourth-order valence-electron chi connectivity index (χ4n) is 5.19. The summed E-state index contributed by atoms with van der Waals surface area (Å²) >= 11 is 8.02. The highest BCUT2D eigenvalue weighted by molar-refractivity contribution is 7.19. The first kappa shape index (κ1) is 24.1. The molecule has 0 radical (unpaired) electrons. The maximum Gasteiger partial charge on any atom is 0.449 e. The first-order valence-corrected chi connectivity index (χ1v) is 13.3. The summed E-state index contributed by atoms with van der Waals surface area (Å²) < 4.78 is 17.1. The van der Waals surface area contributed by atoms with Gasteiger partial charge in [0.1, 0.15) is 11.6 Å². The van der Waals surface area contributed by atoms with Gasteiger partial charge in [-0.25, -0.2) is 9.59 Å². The van der Waals surface area contributed by atoms with Crippen LogP contribution >= 0.6 is 22.9 Å². The summed E-state index contributed by atoms with van der Waals surface area (Å²) in [6.07, 6.45) is 0.623. The number of rotatable bonds is 5. The molecule has 10 heteroatoms. The molecule has 6 rings (SSSR count). The normalized spacial score (nSPS) is 22.3. The summed E-state index contributed by atoms with van der Waals surface area (Å²) in [5.74, 6) is -2.91.